The zero-order valence-corrected chi connectivity index (χ0v) is 32.2. The molecule has 3 unspecified atom stereocenters. The first kappa shape index (κ1) is 37.3. The maximum absolute atomic E-state index is 13.7. The zero-order valence-electron chi connectivity index (χ0n) is 32.2. The minimum atomic E-state index is -0.372. The van der Waals surface area contributed by atoms with Crippen molar-refractivity contribution in [1.82, 2.24) is 30.1 Å². The highest BCUT2D eigenvalue weighted by Gasteiger charge is 2.30. The molecule has 12 heteroatoms. The topological polar surface area (TPSA) is 132 Å². The lowest BCUT2D eigenvalue weighted by atomic mass is 9.85. The van der Waals surface area contributed by atoms with Crippen LogP contribution < -0.4 is 25.0 Å². The van der Waals surface area contributed by atoms with Crippen molar-refractivity contribution < 1.29 is 14.3 Å². The fourth-order valence-electron chi connectivity index (χ4n) is 7.67. The highest BCUT2D eigenvalue weighted by atomic mass is 16.5. The summed E-state index contributed by atoms with van der Waals surface area (Å²) in [6.07, 6.45) is 9.49. The number of hydrogen-bond acceptors (Lipinski definition) is 9. The zero-order chi connectivity index (χ0) is 37.7. The minimum absolute atomic E-state index is 0.178. The number of benzene rings is 2. The second kappa shape index (κ2) is 16.6. The Kier molecular flexibility index (Phi) is 11.5. The number of anilines is 1. The van der Waals surface area contributed by atoms with E-state index in [1.54, 1.807) is 0 Å². The Bertz CT molecular complexity index is 1960. The van der Waals surface area contributed by atoms with Crippen LogP contribution >= 0.6 is 0 Å². The van der Waals surface area contributed by atoms with E-state index < -0.39 is 0 Å². The number of piperidine rings is 1. The number of urea groups is 1. The summed E-state index contributed by atoms with van der Waals surface area (Å²) < 4.78 is 14.8. The van der Waals surface area contributed by atoms with Gasteiger partial charge < -0.3 is 25.1 Å². The molecular formula is C42H55N9O3. The van der Waals surface area contributed by atoms with E-state index >= 15 is 0 Å². The number of carbonyl (C=O) groups excluding carboxylic acids is 1. The summed E-state index contributed by atoms with van der Waals surface area (Å²) in [5, 5.41) is 23.9. The Morgan fingerprint density at radius 2 is 1.72 bits per heavy atom. The van der Waals surface area contributed by atoms with E-state index in [1.165, 1.54) is 19.3 Å². The van der Waals surface area contributed by atoms with Crippen molar-refractivity contribution in [2.24, 2.45) is 10.4 Å². The third-order valence-electron chi connectivity index (χ3n) is 10.9. The van der Waals surface area contributed by atoms with Gasteiger partial charge in [-0.05, 0) is 106 Å². The van der Waals surface area contributed by atoms with Crippen molar-refractivity contribution in [2.75, 3.05) is 37.7 Å². The Morgan fingerprint density at radius 3 is 2.52 bits per heavy atom. The number of fused-ring (bicyclic) bond motifs is 2. The summed E-state index contributed by atoms with van der Waals surface area (Å²) in [5.41, 5.74) is 3.64. The number of aromatic nitrogens is 3. The van der Waals surface area contributed by atoms with E-state index in [1.807, 2.05) is 79.9 Å². The fraction of sp³-hybridized carbons (Fsp3) is 0.500. The molecule has 0 saturated carbocycles. The predicted molar refractivity (Wildman–Crippen MR) is 214 cm³/mol. The molecule has 2 fully saturated rings. The second-order valence-corrected chi connectivity index (χ2v) is 16.0. The molecular weight excluding hydrogens is 679 g/mol. The first-order valence-corrected chi connectivity index (χ1v) is 19.7. The minimum Gasteiger partial charge on any atom is -0.492 e. The van der Waals surface area contributed by atoms with Crippen LogP contribution in [-0.2, 0) is 0 Å². The first-order chi connectivity index (χ1) is 26.1. The number of nitrogens with one attached hydrogen (secondary N) is 3. The Morgan fingerprint density at radius 1 is 0.926 bits per heavy atom. The van der Waals surface area contributed by atoms with Crippen molar-refractivity contribution in [1.29, 1.82) is 5.41 Å². The molecule has 2 amide bonds. The van der Waals surface area contributed by atoms with Crippen molar-refractivity contribution in [2.45, 2.75) is 97.2 Å². The Labute approximate surface area is 318 Å². The quantitative estimate of drug-likeness (QED) is 0.105. The molecule has 2 aromatic carbocycles. The Balaban J connectivity index is 1.03. The van der Waals surface area contributed by atoms with Gasteiger partial charge in [-0.1, -0.05) is 51.1 Å². The van der Waals surface area contributed by atoms with Crippen LogP contribution in [0.5, 0.6) is 11.5 Å². The summed E-state index contributed by atoms with van der Waals surface area (Å²) in [6, 6.07) is 19.5. The lowest BCUT2D eigenvalue weighted by molar-refractivity contribution is 0.171. The van der Waals surface area contributed by atoms with E-state index in [-0.39, 0.29) is 30.0 Å². The number of likely N-dealkylation sites (tertiary alicyclic amines) is 1. The summed E-state index contributed by atoms with van der Waals surface area (Å²) in [7, 11) is 0. The van der Waals surface area contributed by atoms with E-state index in [4.69, 9.17) is 19.9 Å². The van der Waals surface area contributed by atoms with Crippen LogP contribution in [0.4, 0.5) is 16.4 Å². The van der Waals surface area contributed by atoms with E-state index in [0.29, 0.717) is 36.3 Å². The SMILES string of the molecule is CC1CCCCN1c1nnc2ccc(OC3CCC(NC(=O)NC(CC(=N)C(C)(C)C)=Nc4cccc(OCCN5CCCC5)c4)c4ccccc43)cn12. The van der Waals surface area contributed by atoms with Gasteiger partial charge in [0.05, 0.1) is 17.9 Å². The second-order valence-electron chi connectivity index (χ2n) is 16.0. The number of hydrogen-bond donors (Lipinski definition) is 3. The van der Waals surface area contributed by atoms with Crippen LogP contribution in [0, 0.1) is 10.8 Å². The molecule has 0 spiro atoms. The number of amides is 2. The van der Waals surface area contributed by atoms with Gasteiger partial charge in [-0.3, -0.25) is 14.6 Å². The summed E-state index contributed by atoms with van der Waals surface area (Å²) >= 11 is 0. The lowest BCUT2D eigenvalue weighted by Gasteiger charge is -2.33. The van der Waals surface area contributed by atoms with E-state index in [2.05, 4.69) is 49.7 Å². The van der Waals surface area contributed by atoms with Crippen LogP contribution in [0.25, 0.3) is 5.65 Å². The van der Waals surface area contributed by atoms with Gasteiger partial charge in [-0.25, -0.2) is 9.79 Å². The highest BCUT2D eigenvalue weighted by molar-refractivity contribution is 6.09. The van der Waals surface area contributed by atoms with Crippen LogP contribution in [-0.4, -0.2) is 75.9 Å². The monoisotopic (exact) mass is 733 g/mol. The fourth-order valence-corrected chi connectivity index (χ4v) is 7.67. The van der Waals surface area contributed by atoms with Crippen molar-refractivity contribution in [3.8, 4) is 11.5 Å². The van der Waals surface area contributed by atoms with E-state index in [0.717, 1.165) is 79.7 Å². The first-order valence-electron chi connectivity index (χ1n) is 19.7. The molecule has 2 saturated heterocycles. The number of amidine groups is 1. The van der Waals surface area contributed by atoms with Crippen molar-refractivity contribution >= 4 is 34.9 Å². The maximum Gasteiger partial charge on any atom is 0.320 e. The molecule has 4 aromatic rings. The number of aliphatic imine (C=N–C) groups is 1. The van der Waals surface area contributed by atoms with Gasteiger partial charge in [0.2, 0.25) is 5.95 Å². The standard InChI is InChI=1S/C42H55N9O3/c1-29-12-7-8-23-50(29)41-48-47-39-20-17-32(28-51(39)41)54-36-19-18-35(33-15-5-6-16-34(33)36)45-40(52)46-38(27-37(43)42(2,3)4)44-30-13-11-14-31(26-30)53-25-24-49-21-9-10-22-49/h5-6,11,13-17,20,26,28-29,35-36,43H,7-10,12,18-19,21-25,27H2,1-4H3,(H2,44,45,46,52). The van der Waals surface area contributed by atoms with E-state index in [9.17, 15) is 4.79 Å². The van der Waals surface area contributed by atoms with Crippen LogP contribution in [0.3, 0.4) is 0 Å². The molecule has 3 N–H and O–H groups in total. The molecule has 12 nitrogen and oxygen atoms in total. The maximum atomic E-state index is 13.7. The smallest absolute Gasteiger partial charge is 0.320 e. The molecule has 54 heavy (non-hydrogen) atoms. The lowest BCUT2D eigenvalue weighted by Crippen LogP contribution is -2.43. The predicted octanol–water partition coefficient (Wildman–Crippen LogP) is 8.02. The largest absolute Gasteiger partial charge is 0.492 e. The number of ether oxygens (including phenoxy) is 2. The molecule has 286 valence electrons. The van der Waals surface area contributed by atoms with Gasteiger partial charge in [0.1, 0.15) is 30.0 Å². The highest BCUT2D eigenvalue weighted by Crippen LogP contribution is 2.39. The molecule has 0 radical (unpaired) electrons. The number of pyridine rings is 1. The third-order valence-corrected chi connectivity index (χ3v) is 10.9. The molecule has 3 aliphatic rings. The average Bonchev–Trinajstić information content (AvgIpc) is 3.83. The van der Waals surface area contributed by atoms with Crippen molar-refractivity contribution in [3.63, 3.8) is 0 Å². The van der Waals surface area contributed by atoms with Gasteiger partial charge in [0.25, 0.3) is 0 Å². The van der Waals surface area contributed by atoms with Crippen LogP contribution in [0.1, 0.15) is 102 Å². The molecule has 3 atom stereocenters. The molecule has 2 aromatic heterocycles. The van der Waals surface area contributed by atoms with Gasteiger partial charge in [-0.2, -0.15) is 0 Å². The van der Waals surface area contributed by atoms with Crippen LogP contribution in [0.2, 0.25) is 0 Å². The summed E-state index contributed by atoms with van der Waals surface area (Å²) in [4.78, 5) is 23.3. The Hall–Kier alpha value is -4.97. The average molecular weight is 734 g/mol. The van der Waals surface area contributed by atoms with Gasteiger partial charge >= 0.3 is 6.03 Å². The summed E-state index contributed by atoms with van der Waals surface area (Å²) in [5.74, 6) is 2.76. The molecule has 7 rings (SSSR count). The van der Waals surface area contributed by atoms with Gasteiger partial charge in [0, 0.05) is 37.3 Å². The molecule has 4 heterocycles. The van der Waals surface area contributed by atoms with Gasteiger partial charge in [0.15, 0.2) is 5.65 Å². The number of nitrogens with zero attached hydrogens (tertiary/aromatic N) is 6. The molecule has 2 aliphatic heterocycles. The third kappa shape index (κ3) is 9.03. The van der Waals surface area contributed by atoms with Crippen molar-refractivity contribution in [3.05, 3.63) is 78.0 Å². The normalized spacial score (nSPS) is 20.8. The van der Waals surface area contributed by atoms with Gasteiger partial charge in [-0.15, -0.1) is 10.2 Å². The molecule has 0 bridgehead atoms. The summed E-state index contributed by atoms with van der Waals surface area (Å²) in [6.45, 7) is 13.0. The molecule has 1 aliphatic carbocycles. The van der Waals surface area contributed by atoms with Crippen LogP contribution in [0.15, 0.2) is 71.9 Å². The number of rotatable bonds is 11. The number of carbonyl (C=O) groups is 1.